The van der Waals surface area contributed by atoms with Gasteiger partial charge in [-0.3, -0.25) is 4.79 Å². The predicted molar refractivity (Wildman–Crippen MR) is 112 cm³/mol. The summed E-state index contributed by atoms with van der Waals surface area (Å²) in [6.45, 7) is 2.72. The molecule has 1 amide bonds. The van der Waals surface area contributed by atoms with Crippen LogP contribution in [0.1, 0.15) is 31.2 Å². The lowest BCUT2D eigenvalue weighted by Gasteiger charge is -2.20. The monoisotopic (exact) mass is 419 g/mol. The van der Waals surface area contributed by atoms with E-state index in [1.165, 1.54) is 22.5 Å². The summed E-state index contributed by atoms with van der Waals surface area (Å²) in [5.41, 5.74) is 1.39. The van der Waals surface area contributed by atoms with E-state index in [-0.39, 0.29) is 17.1 Å². The van der Waals surface area contributed by atoms with Gasteiger partial charge in [0.25, 0.3) is 0 Å². The normalized spacial score (nSPS) is 15.5. The number of carbonyl (C=O) groups excluding carboxylic acids is 1. The number of carbonyl (C=O) groups is 1. The van der Waals surface area contributed by atoms with Crippen molar-refractivity contribution >= 4 is 27.3 Å². The molecule has 0 unspecified atom stereocenters. The lowest BCUT2D eigenvalue weighted by molar-refractivity contribution is -0.114. The molecule has 2 N–H and O–H groups in total. The van der Waals surface area contributed by atoms with Gasteiger partial charge in [0.05, 0.1) is 17.1 Å². The Balaban J connectivity index is 1.64. The highest BCUT2D eigenvalue weighted by molar-refractivity contribution is 7.89. The van der Waals surface area contributed by atoms with E-state index < -0.39 is 21.7 Å². The van der Waals surface area contributed by atoms with E-state index in [9.17, 15) is 17.6 Å². The Morgan fingerprint density at radius 1 is 1.07 bits per heavy atom. The number of halogens is 1. The predicted octanol–water partition coefficient (Wildman–Crippen LogP) is 3.75. The minimum atomic E-state index is -3.56. The molecule has 8 heteroatoms. The number of nitrogens with one attached hydrogen (secondary N) is 2. The number of anilines is 2. The Kier molecular flexibility index (Phi) is 6.87. The van der Waals surface area contributed by atoms with Gasteiger partial charge in [-0.1, -0.05) is 25.0 Å². The molecule has 29 heavy (non-hydrogen) atoms. The van der Waals surface area contributed by atoms with Gasteiger partial charge in [0.1, 0.15) is 5.82 Å². The van der Waals surface area contributed by atoms with Crippen LogP contribution in [-0.4, -0.2) is 38.3 Å². The molecule has 1 fully saturated rings. The van der Waals surface area contributed by atoms with Crippen LogP contribution in [0.15, 0.2) is 47.4 Å². The van der Waals surface area contributed by atoms with Crippen molar-refractivity contribution < 1.29 is 17.6 Å². The van der Waals surface area contributed by atoms with Crippen LogP contribution in [0.3, 0.4) is 0 Å². The summed E-state index contributed by atoms with van der Waals surface area (Å²) in [4.78, 5) is 12.3. The molecule has 0 radical (unpaired) electrons. The molecule has 0 saturated carbocycles. The second-order valence-corrected chi connectivity index (χ2v) is 9.17. The lowest BCUT2D eigenvalue weighted by atomic mass is 10.2. The maximum Gasteiger partial charge on any atom is 0.243 e. The molecule has 0 spiro atoms. The van der Waals surface area contributed by atoms with Crippen molar-refractivity contribution in [1.29, 1.82) is 0 Å². The van der Waals surface area contributed by atoms with Gasteiger partial charge in [0, 0.05) is 18.8 Å². The highest BCUT2D eigenvalue weighted by atomic mass is 32.2. The Morgan fingerprint density at radius 2 is 1.79 bits per heavy atom. The molecule has 1 heterocycles. The largest absolute Gasteiger partial charge is 0.376 e. The number of sulfonamides is 1. The molecule has 156 valence electrons. The first kappa shape index (κ1) is 21.3. The summed E-state index contributed by atoms with van der Waals surface area (Å²) < 4.78 is 41.2. The molecule has 0 aromatic heterocycles. The van der Waals surface area contributed by atoms with E-state index >= 15 is 0 Å². The molecular formula is C21H26FN3O3S. The average Bonchev–Trinajstić information content (AvgIpc) is 2.99. The number of amides is 1. The van der Waals surface area contributed by atoms with Crippen LogP contribution in [0.5, 0.6) is 0 Å². The molecule has 6 nitrogen and oxygen atoms in total. The quantitative estimate of drug-likeness (QED) is 0.748. The average molecular weight is 420 g/mol. The minimum absolute atomic E-state index is 0.111. The van der Waals surface area contributed by atoms with Crippen molar-refractivity contribution in [3.63, 3.8) is 0 Å². The second kappa shape index (κ2) is 9.37. The Hall–Kier alpha value is -2.45. The van der Waals surface area contributed by atoms with Gasteiger partial charge < -0.3 is 10.6 Å². The molecule has 1 aliphatic heterocycles. The summed E-state index contributed by atoms with van der Waals surface area (Å²) in [6, 6.07) is 11.0. The summed E-state index contributed by atoms with van der Waals surface area (Å²) in [5.74, 6) is -0.919. The van der Waals surface area contributed by atoms with Crippen LogP contribution in [0.4, 0.5) is 15.8 Å². The van der Waals surface area contributed by atoms with E-state index in [0.29, 0.717) is 18.8 Å². The van der Waals surface area contributed by atoms with Crippen molar-refractivity contribution in [3.8, 4) is 0 Å². The molecule has 2 aromatic carbocycles. The first-order valence-electron chi connectivity index (χ1n) is 9.76. The minimum Gasteiger partial charge on any atom is -0.376 e. The fraction of sp³-hybridized carbons (Fsp3) is 0.381. The SMILES string of the molecule is Cc1ccc(NC(=O)CNc2cccc(S(=O)(=O)N3CCCCCC3)c2)c(F)c1. The van der Waals surface area contributed by atoms with Crippen LogP contribution in [0, 0.1) is 12.7 Å². The number of rotatable bonds is 6. The fourth-order valence-corrected chi connectivity index (χ4v) is 4.86. The maximum atomic E-state index is 13.9. The molecular weight excluding hydrogens is 393 g/mol. The van der Waals surface area contributed by atoms with Gasteiger partial charge in [-0.15, -0.1) is 0 Å². The first-order chi connectivity index (χ1) is 13.9. The summed E-state index contributed by atoms with van der Waals surface area (Å²) in [5, 5.41) is 5.41. The molecule has 1 saturated heterocycles. The van der Waals surface area contributed by atoms with Crippen molar-refractivity contribution in [3.05, 3.63) is 53.8 Å². The zero-order valence-corrected chi connectivity index (χ0v) is 17.3. The number of hydrogen-bond donors (Lipinski definition) is 2. The third-order valence-electron chi connectivity index (χ3n) is 4.89. The van der Waals surface area contributed by atoms with Gasteiger partial charge in [0.2, 0.25) is 15.9 Å². The van der Waals surface area contributed by atoms with Crippen molar-refractivity contribution in [2.24, 2.45) is 0 Å². The standard InChI is InChI=1S/C21H26FN3O3S/c1-16-9-10-20(19(22)13-16)24-21(26)15-23-17-7-6-8-18(14-17)29(27,28)25-11-4-2-3-5-12-25/h6-10,13-14,23H,2-5,11-12,15H2,1H3,(H,24,26). The van der Waals surface area contributed by atoms with Crippen molar-refractivity contribution in [1.82, 2.24) is 4.31 Å². The Labute approximate surface area is 171 Å². The topological polar surface area (TPSA) is 78.5 Å². The summed E-state index contributed by atoms with van der Waals surface area (Å²) in [6.07, 6.45) is 3.83. The fourth-order valence-electron chi connectivity index (χ4n) is 3.30. The molecule has 0 aliphatic carbocycles. The Morgan fingerprint density at radius 3 is 2.48 bits per heavy atom. The van der Waals surface area contributed by atoms with Crippen LogP contribution in [0.25, 0.3) is 0 Å². The van der Waals surface area contributed by atoms with E-state index in [1.807, 2.05) is 0 Å². The smallest absolute Gasteiger partial charge is 0.243 e. The highest BCUT2D eigenvalue weighted by Crippen LogP contribution is 2.22. The van der Waals surface area contributed by atoms with Gasteiger partial charge in [0.15, 0.2) is 0 Å². The van der Waals surface area contributed by atoms with E-state index in [1.54, 1.807) is 31.2 Å². The number of benzene rings is 2. The van der Waals surface area contributed by atoms with Gasteiger partial charge >= 0.3 is 0 Å². The third kappa shape index (κ3) is 5.55. The Bertz CT molecular complexity index is 971. The zero-order valence-electron chi connectivity index (χ0n) is 16.4. The second-order valence-electron chi connectivity index (χ2n) is 7.23. The number of hydrogen-bond acceptors (Lipinski definition) is 4. The molecule has 2 aromatic rings. The van der Waals surface area contributed by atoms with Crippen molar-refractivity contribution in [2.75, 3.05) is 30.3 Å². The van der Waals surface area contributed by atoms with Crippen LogP contribution >= 0.6 is 0 Å². The molecule has 3 rings (SSSR count). The van der Waals surface area contributed by atoms with Crippen LogP contribution < -0.4 is 10.6 Å². The van der Waals surface area contributed by atoms with Crippen molar-refractivity contribution in [2.45, 2.75) is 37.5 Å². The van der Waals surface area contributed by atoms with Gasteiger partial charge in [-0.05, 0) is 55.7 Å². The van der Waals surface area contributed by atoms with Gasteiger partial charge in [-0.2, -0.15) is 4.31 Å². The van der Waals surface area contributed by atoms with E-state index in [0.717, 1.165) is 31.2 Å². The molecule has 1 aliphatic rings. The number of aryl methyl sites for hydroxylation is 1. The van der Waals surface area contributed by atoms with Crippen LogP contribution in [0.2, 0.25) is 0 Å². The van der Waals surface area contributed by atoms with E-state index in [2.05, 4.69) is 10.6 Å². The maximum absolute atomic E-state index is 13.9. The highest BCUT2D eigenvalue weighted by Gasteiger charge is 2.25. The van der Waals surface area contributed by atoms with Gasteiger partial charge in [-0.25, -0.2) is 12.8 Å². The summed E-state index contributed by atoms with van der Waals surface area (Å²) in [7, 11) is -3.56. The molecule has 0 bridgehead atoms. The lowest BCUT2D eigenvalue weighted by Crippen LogP contribution is -2.32. The zero-order chi connectivity index (χ0) is 20.9. The first-order valence-corrected chi connectivity index (χ1v) is 11.2. The summed E-state index contributed by atoms with van der Waals surface area (Å²) >= 11 is 0. The van der Waals surface area contributed by atoms with E-state index in [4.69, 9.17) is 0 Å². The molecule has 0 atom stereocenters. The number of nitrogens with zero attached hydrogens (tertiary/aromatic N) is 1. The third-order valence-corrected chi connectivity index (χ3v) is 6.78. The van der Waals surface area contributed by atoms with Crippen LogP contribution in [-0.2, 0) is 14.8 Å².